The minimum absolute atomic E-state index is 0.0237. The molecule has 44 heavy (non-hydrogen) atoms. The van der Waals surface area contributed by atoms with Crippen LogP contribution in [-0.4, -0.2) is 18.0 Å². The van der Waals surface area contributed by atoms with E-state index in [2.05, 4.69) is 34.6 Å². The molecular weight excluding hydrogens is 548 g/mol. The van der Waals surface area contributed by atoms with Crippen LogP contribution >= 0.6 is 0 Å². The highest BCUT2D eigenvalue weighted by Crippen LogP contribution is 2.68. The zero-order valence-electron chi connectivity index (χ0n) is 28.4. The Hall–Kier alpha value is -2.24. The van der Waals surface area contributed by atoms with Gasteiger partial charge in [-0.25, -0.2) is 0 Å². The van der Waals surface area contributed by atoms with E-state index in [0.29, 0.717) is 33.7 Å². The Morgan fingerprint density at radius 3 is 2.23 bits per heavy atom. The Bertz CT molecular complexity index is 1160. The second kappa shape index (κ2) is 13.2. The molecule has 0 amide bonds. The van der Waals surface area contributed by atoms with Crippen LogP contribution in [0, 0.1) is 58.2 Å². The van der Waals surface area contributed by atoms with Crippen molar-refractivity contribution < 1.29 is 19.1 Å². The van der Waals surface area contributed by atoms with Crippen LogP contribution in [0.5, 0.6) is 0 Å². The van der Waals surface area contributed by atoms with Crippen LogP contribution in [-0.2, 0) is 25.7 Å². The van der Waals surface area contributed by atoms with Crippen molar-refractivity contribution in [3.05, 3.63) is 23.8 Å². The number of nitrogen functional groups attached to an aromatic ring is 2. The van der Waals surface area contributed by atoms with E-state index in [4.69, 9.17) is 20.9 Å². The Morgan fingerprint density at radius 1 is 0.841 bits per heavy atom. The Balaban J connectivity index is 1.14. The van der Waals surface area contributed by atoms with Gasteiger partial charge in [-0.05, 0) is 141 Å². The lowest BCUT2D eigenvalue weighted by atomic mass is 9.44. The van der Waals surface area contributed by atoms with Crippen LogP contribution in [0.15, 0.2) is 18.2 Å². The molecule has 0 radical (unpaired) electrons. The second-order valence-electron chi connectivity index (χ2n) is 16.4. The average molecular weight is 609 g/mol. The van der Waals surface area contributed by atoms with Gasteiger partial charge in [-0.2, -0.15) is 0 Å². The van der Waals surface area contributed by atoms with Gasteiger partial charge in [-0.15, -0.1) is 0 Å². The van der Waals surface area contributed by atoms with Crippen LogP contribution in [0.1, 0.15) is 124 Å². The lowest BCUT2D eigenvalue weighted by Crippen LogP contribution is -2.54. The first-order valence-electron chi connectivity index (χ1n) is 17.8. The molecule has 4 aliphatic carbocycles. The monoisotopic (exact) mass is 608 g/mol. The van der Waals surface area contributed by atoms with Crippen LogP contribution in [0.25, 0.3) is 0 Å². The van der Waals surface area contributed by atoms with Crippen molar-refractivity contribution in [2.45, 2.75) is 131 Å². The first kappa shape index (κ1) is 33.1. The molecule has 0 spiro atoms. The predicted molar refractivity (Wildman–Crippen MR) is 177 cm³/mol. The van der Waals surface area contributed by atoms with Crippen molar-refractivity contribution in [3.63, 3.8) is 0 Å². The summed E-state index contributed by atoms with van der Waals surface area (Å²) >= 11 is 0. The van der Waals surface area contributed by atoms with E-state index < -0.39 is 17.9 Å². The summed E-state index contributed by atoms with van der Waals surface area (Å²) in [6, 6.07) is 5.08. The number of hydrogen-bond acceptors (Lipinski definition) is 6. The van der Waals surface area contributed by atoms with Gasteiger partial charge in [0, 0.05) is 11.4 Å². The van der Waals surface area contributed by atoms with Gasteiger partial charge in [0.2, 0.25) is 0 Å². The third-order valence-corrected chi connectivity index (χ3v) is 13.2. The van der Waals surface area contributed by atoms with Crippen LogP contribution < -0.4 is 11.5 Å². The maximum absolute atomic E-state index is 13.0. The smallest absolute Gasteiger partial charge is 0.320 e. The lowest BCUT2D eigenvalue weighted by Gasteiger charge is -2.61. The van der Waals surface area contributed by atoms with Crippen molar-refractivity contribution in [2.75, 3.05) is 11.5 Å². The predicted octanol–water partition coefficient (Wildman–Crippen LogP) is 8.56. The van der Waals surface area contributed by atoms with Crippen molar-refractivity contribution in [1.29, 1.82) is 0 Å². The minimum Gasteiger partial charge on any atom is -0.462 e. The number of hydrogen-bond donors (Lipinski definition) is 2. The van der Waals surface area contributed by atoms with Gasteiger partial charge in [0.25, 0.3) is 0 Å². The summed E-state index contributed by atoms with van der Waals surface area (Å²) in [7, 11) is 0. The standard InChI is InChI=1S/C38H60N2O4/c1-23(2)8-7-9-24(3)32-12-13-33-31-11-10-27-20-30(14-16-37(27,5)34(31)15-17-38(32,33)6)44-36(42)25(4)35(41)43-22-26-18-28(39)21-29(40)19-26/h18-19,21,23-25,27,30-34H,7-17,20,22,39-40H2,1-6H3. The van der Waals surface area contributed by atoms with Crippen molar-refractivity contribution in [2.24, 2.45) is 58.2 Å². The molecule has 246 valence electrons. The molecule has 6 heteroatoms. The van der Waals surface area contributed by atoms with Gasteiger partial charge in [-0.1, -0.05) is 53.9 Å². The molecule has 4 N–H and O–H groups in total. The Morgan fingerprint density at radius 2 is 1.52 bits per heavy atom. The summed E-state index contributed by atoms with van der Waals surface area (Å²) in [6.45, 7) is 14.1. The summed E-state index contributed by atoms with van der Waals surface area (Å²) in [6.07, 6.45) is 15.1. The van der Waals surface area contributed by atoms with E-state index in [1.165, 1.54) is 57.8 Å². The van der Waals surface area contributed by atoms with Gasteiger partial charge in [-0.3, -0.25) is 9.59 Å². The largest absolute Gasteiger partial charge is 0.462 e. The zero-order valence-corrected chi connectivity index (χ0v) is 28.4. The number of carbonyl (C=O) groups is 2. The third kappa shape index (κ3) is 6.65. The van der Waals surface area contributed by atoms with Gasteiger partial charge in [0.15, 0.2) is 5.92 Å². The number of esters is 2. The summed E-state index contributed by atoms with van der Waals surface area (Å²) in [4.78, 5) is 25.7. The second-order valence-corrected chi connectivity index (χ2v) is 16.4. The highest BCUT2D eigenvalue weighted by molar-refractivity contribution is 5.94. The van der Waals surface area contributed by atoms with E-state index in [9.17, 15) is 9.59 Å². The van der Waals surface area contributed by atoms with Gasteiger partial charge < -0.3 is 20.9 Å². The zero-order chi connectivity index (χ0) is 31.8. The summed E-state index contributed by atoms with van der Waals surface area (Å²) in [5.74, 6) is 3.64. The van der Waals surface area contributed by atoms with Gasteiger partial charge in [0.05, 0.1) is 0 Å². The first-order chi connectivity index (χ1) is 20.8. The summed E-state index contributed by atoms with van der Waals surface area (Å²) < 4.78 is 11.4. The van der Waals surface area contributed by atoms with E-state index in [1.54, 1.807) is 25.1 Å². The molecular formula is C38H60N2O4. The summed E-state index contributed by atoms with van der Waals surface area (Å²) in [5, 5.41) is 0. The van der Waals surface area contributed by atoms with Crippen LogP contribution in [0.2, 0.25) is 0 Å². The number of benzene rings is 1. The number of ether oxygens (including phenoxy) is 2. The van der Waals surface area contributed by atoms with E-state index in [0.717, 1.165) is 54.8 Å². The number of anilines is 2. The average Bonchev–Trinajstić information content (AvgIpc) is 3.32. The molecule has 4 saturated carbocycles. The summed E-state index contributed by atoms with van der Waals surface area (Å²) in [5.41, 5.74) is 14.3. The fourth-order valence-electron chi connectivity index (χ4n) is 10.8. The molecule has 4 aliphatic rings. The van der Waals surface area contributed by atoms with Crippen molar-refractivity contribution in [3.8, 4) is 0 Å². The van der Waals surface area contributed by atoms with E-state index >= 15 is 0 Å². The number of carbonyl (C=O) groups excluding carboxylic acids is 2. The number of nitrogens with two attached hydrogens (primary N) is 2. The topological polar surface area (TPSA) is 105 Å². The highest BCUT2D eigenvalue weighted by atomic mass is 16.6. The minimum atomic E-state index is -0.962. The Kier molecular flexibility index (Phi) is 9.97. The maximum atomic E-state index is 13.0. The number of fused-ring (bicyclic) bond motifs is 5. The highest BCUT2D eigenvalue weighted by Gasteiger charge is 2.60. The molecule has 0 aliphatic heterocycles. The molecule has 4 fully saturated rings. The van der Waals surface area contributed by atoms with Gasteiger partial charge >= 0.3 is 11.9 Å². The molecule has 10 atom stereocenters. The van der Waals surface area contributed by atoms with Crippen LogP contribution in [0.3, 0.4) is 0 Å². The first-order valence-corrected chi connectivity index (χ1v) is 17.8. The van der Waals surface area contributed by atoms with E-state index in [1.807, 2.05) is 0 Å². The molecule has 1 aromatic rings. The molecule has 5 rings (SSSR count). The normalized spacial score (nSPS) is 36.1. The number of rotatable bonds is 10. The SMILES string of the molecule is CC(C)CCCC(C)C1CCC2C3CCC4CC(OC(=O)C(C)C(=O)OCc5cc(N)cc(N)c5)CCC4(C)C3CCC12C. The van der Waals surface area contributed by atoms with Crippen molar-refractivity contribution >= 4 is 23.3 Å². The van der Waals surface area contributed by atoms with Gasteiger partial charge in [0.1, 0.15) is 12.7 Å². The van der Waals surface area contributed by atoms with Crippen LogP contribution in [0.4, 0.5) is 11.4 Å². The molecule has 1 aromatic carbocycles. The fourth-order valence-corrected chi connectivity index (χ4v) is 10.8. The maximum Gasteiger partial charge on any atom is 0.320 e. The molecule has 0 saturated heterocycles. The molecule has 0 aromatic heterocycles. The molecule has 0 heterocycles. The van der Waals surface area contributed by atoms with E-state index in [-0.39, 0.29) is 12.7 Å². The third-order valence-electron chi connectivity index (χ3n) is 13.2. The molecule has 0 bridgehead atoms. The molecule has 6 nitrogen and oxygen atoms in total. The molecule has 10 unspecified atom stereocenters. The fraction of sp³-hybridized carbons (Fsp3) is 0.789. The Labute approximate surface area is 266 Å². The quantitative estimate of drug-likeness (QED) is 0.157. The lowest BCUT2D eigenvalue weighted by molar-refractivity contribution is -0.172. The van der Waals surface area contributed by atoms with Crippen molar-refractivity contribution in [1.82, 2.24) is 0 Å².